The lowest BCUT2D eigenvalue weighted by atomic mass is 9.85. The fourth-order valence-electron chi connectivity index (χ4n) is 2.29. The zero-order valence-electron chi connectivity index (χ0n) is 8.37. The molecule has 0 aromatic carbocycles. The Labute approximate surface area is 78.4 Å². The van der Waals surface area contributed by atoms with E-state index in [2.05, 4.69) is 6.92 Å². The average molecular weight is 184 g/mol. The van der Waals surface area contributed by atoms with Crippen LogP contribution >= 0.6 is 0 Å². The molecule has 0 radical (unpaired) electrons. The first kappa shape index (κ1) is 9.16. The SMILES string of the molecule is CC1CC(=O)C[C@H]2OC(C)(C)O[C@@H]12. The predicted molar refractivity (Wildman–Crippen MR) is 47.2 cm³/mol. The highest BCUT2D eigenvalue weighted by atomic mass is 16.8. The standard InChI is InChI=1S/C10H16O3/c1-6-4-7(11)5-8-9(6)13-10(2,3)12-8/h6,8-9H,4-5H2,1-3H3/t6?,8-,9+/m1/s1. The summed E-state index contributed by atoms with van der Waals surface area (Å²) in [7, 11) is 0. The van der Waals surface area contributed by atoms with Gasteiger partial charge in [0.1, 0.15) is 5.78 Å². The van der Waals surface area contributed by atoms with Crippen molar-refractivity contribution in [3.8, 4) is 0 Å². The topological polar surface area (TPSA) is 35.5 Å². The molecule has 0 bridgehead atoms. The first-order valence-corrected chi connectivity index (χ1v) is 4.85. The molecule has 1 saturated carbocycles. The quantitative estimate of drug-likeness (QED) is 0.572. The molecule has 0 aromatic rings. The zero-order chi connectivity index (χ0) is 9.64. The van der Waals surface area contributed by atoms with Crippen LogP contribution in [-0.2, 0) is 14.3 Å². The Balaban J connectivity index is 2.14. The lowest BCUT2D eigenvalue weighted by molar-refractivity contribution is -0.148. The minimum Gasteiger partial charge on any atom is -0.344 e. The highest BCUT2D eigenvalue weighted by Gasteiger charge is 2.47. The van der Waals surface area contributed by atoms with Crippen molar-refractivity contribution >= 4 is 5.78 Å². The smallest absolute Gasteiger partial charge is 0.163 e. The van der Waals surface area contributed by atoms with Crippen LogP contribution in [0.15, 0.2) is 0 Å². The van der Waals surface area contributed by atoms with Crippen LogP contribution in [0, 0.1) is 5.92 Å². The molecule has 3 nitrogen and oxygen atoms in total. The highest BCUT2D eigenvalue weighted by molar-refractivity contribution is 5.80. The fraction of sp³-hybridized carbons (Fsp3) is 0.900. The van der Waals surface area contributed by atoms with E-state index in [0.717, 1.165) is 0 Å². The Bertz CT molecular complexity index is 234. The van der Waals surface area contributed by atoms with Gasteiger partial charge in [-0.1, -0.05) is 6.92 Å². The lowest BCUT2D eigenvalue weighted by Crippen LogP contribution is -2.37. The summed E-state index contributed by atoms with van der Waals surface area (Å²) in [5.41, 5.74) is 0. The maximum Gasteiger partial charge on any atom is 0.163 e. The molecule has 1 saturated heterocycles. The van der Waals surface area contributed by atoms with E-state index in [9.17, 15) is 4.79 Å². The van der Waals surface area contributed by atoms with Gasteiger partial charge in [0.2, 0.25) is 0 Å². The number of carbonyl (C=O) groups is 1. The third-order valence-corrected chi connectivity index (χ3v) is 2.76. The Morgan fingerprint density at radius 1 is 1.31 bits per heavy atom. The van der Waals surface area contributed by atoms with Gasteiger partial charge in [-0.15, -0.1) is 0 Å². The van der Waals surface area contributed by atoms with Crippen molar-refractivity contribution in [3.05, 3.63) is 0 Å². The van der Waals surface area contributed by atoms with Crippen LogP contribution in [0.25, 0.3) is 0 Å². The summed E-state index contributed by atoms with van der Waals surface area (Å²) in [5, 5.41) is 0. The first-order valence-electron chi connectivity index (χ1n) is 4.85. The van der Waals surface area contributed by atoms with Gasteiger partial charge < -0.3 is 9.47 Å². The molecule has 1 aliphatic carbocycles. The van der Waals surface area contributed by atoms with Crippen molar-refractivity contribution in [1.82, 2.24) is 0 Å². The molecule has 3 atom stereocenters. The minimum absolute atomic E-state index is 0.00810. The molecule has 74 valence electrons. The normalized spacial score (nSPS) is 43.3. The molecule has 2 fully saturated rings. The van der Waals surface area contributed by atoms with E-state index in [0.29, 0.717) is 24.5 Å². The number of fused-ring (bicyclic) bond motifs is 1. The molecule has 13 heavy (non-hydrogen) atoms. The van der Waals surface area contributed by atoms with Crippen molar-refractivity contribution < 1.29 is 14.3 Å². The second kappa shape index (κ2) is 2.79. The van der Waals surface area contributed by atoms with Gasteiger partial charge in [-0.2, -0.15) is 0 Å². The summed E-state index contributed by atoms with van der Waals surface area (Å²) in [6.45, 7) is 5.87. The third-order valence-electron chi connectivity index (χ3n) is 2.76. The average Bonchev–Trinajstić information content (AvgIpc) is 2.23. The van der Waals surface area contributed by atoms with E-state index < -0.39 is 5.79 Å². The molecular weight excluding hydrogens is 168 g/mol. The van der Waals surface area contributed by atoms with E-state index >= 15 is 0 Å². The zero-order valence-corrected chi connectivity index (χ0v) is 8.37. The van der Waals surface area contributed by atoms with Crippen LogP contribution in [-0.4, -0.2) is 23.8 Å². The monoisotopic (exact) mass is 184 g/mol. The summed E-state index contributed by atoms with van der Waals surface area (Å²) in [5.74, 6) is 0.0943. The van der Waals surface area contributed by atoms with Crippen LogP contribution in [0.2, 0.25) is 0 Å². The van der Waals surface area contributed by atoms with Crippen LogP contribution in [0.4, 0.5) is 0 Å². The van der Waals surface area contributed by atoms with Gasteiger partial charge in [-0.25, -0.2) is 0 Å². The Morgan fingerprint density at radius 2 is 2.00 bits per heavy atom. The van der Waals surface area contributed by atoms with Gasteiger partial charge in [0.15, 0.2) is 5.79 Å². The molecule has 1 aliphatic heterocycles. The number of rotatable bonds is 0. The molecule has 2 aliphatic rings. The number of hydrogen-bond donors (Lipinski definition) is 0. The van der Waals surface area contributed by atoms with E-state index in [4.69, 9.17) is 9.47 Å². The van der Waals surface area contributed by atoms with Gasteiger partial charge in [-0.05, 0) is 19.8 Å². The van der Waals surface area contributed by atoms with Crippen LogP contribution in [0.5, 0.6) is 0 Å². The predicted octanol–water partition coefficient (Wildman–Crippen LogP) is 1.51. The maximum absolute atomic E-state index is 11.3. The Morgan fingerprint density at radius 3 is 2.69 bits per heavy atom. The molecule has 1 heterocycles. The second-order valence-electron chi connectivity index (χ2n) is 4.56. The van der Waals surface area contributed by atoms with E-state index in [1.54, 1.807) is 0 Å². The summed E-state index contributed by atoms with van der Waals surface area (Å²) in [6, 6.07) is 0. The van der Waals surface area contributed by atoms with Crippen LogP contribution < -0.4 is 0 Å². The molecule has 3 heteroatoms. The number of ketones is 1. The summed E-state index contributed by atoms with van der Waals surface area (Å²) in [6.07, 6.45) is 1.28. The fourth-order valence-corrected chi connectivity index (χ4v) is 2.29. The molecule has 0 spiro atoms. The second-order valence-corrected chi connectivity index (χ2v) is 4.56. The van der Waals surface area contributed by atoms with E-state index in [1.807, 2.05) is 13.8 Å². The van der Waals surface area contributed by atoms with Gasteiger partial charge >= 0.3 is 0 Å². The summed E-state index contributed by atoms with van der Waals surface area (Å²) < 4.78 is 11.4. The van der Waals surface area contributed by atoms with Gasteiger partial charge in [0.25, 0.3) is 0 Å². The molecule has 0 aromatic heterocycles. The highest BCUT2D eigenvalue weighted by Crippen LogP contribution is 2.38. The van der Waals surface area contributed by atoms with Crippen molar-refractivity contribution in [1.29, 1.82) is 0 Å². The molecule has 0 N–H and O–H groups in total. The van der Waals surface area contributed by atoms with Crippen LogP contribution in [0.1, 0.15) is 33.6 Å². The van der Waals surface area contributed by atoms with Crippen molar-refractivity contribution in [2.75, 3.05) is 0 Å². The molecule has 0 amide bonds. The van der Waals surface area contributed by atoms with E-state index in [-0.39, 0.29) is 12.2 Å². The molecule has 2 rings (SSSR count). The minimum atomic E-state index is -0.506. The number of carbonyl (C=O) groups excluding carboxylic acids is 1. The first-order chi connectivity index (χ1) is 5.98. The van der Waals surface area contributed by atoms with Gasteiger partial charge in [0.05, 0.1) is 12.2 Å². The maximum atomic E-state index is 11.3. The molecular formula is C10H16O3. The number of Topliss-reactive ketones (excluding diaryl/α,β-unsaturated/α-hetero) is 1. The Hall–Kier alpha value is -0.410. The Kier molecular flexibility index (Phi) is 1.96. The van der Waals surface area contributed by atoms with Crippen molar-refractivity contribution in [2.24, 2.45) is 5.92 Å². The van der Waals surface area contributed by atoms with Crippen LogP contribution in [0.3, 0.4) is 0 Å². The van der Waals surface area contributed by atoms with Crippen molar-refractivity contribution in [3.63, 3.8) is 0 Å². The number of ether oxygens (including phenoxy) is 2. The summed E-state index contributed by atoms with van der Waals surface area (Å²) in [4.78, 5) is 11.3. The largest absolute Gasteiger partial charge is 0.344 e. The van der Waals surface area contributed by atoms with Gasteiger partial charge in [-0.3, -0.25) is 4.79 Å². The number of hydrogen-bond acceptors (Lipinski definition) is 3. The lowest BCUT2D eigenvalue weighted by Gasteiger charge is -2.27. The van der Waals surface area contributed by atoms with Crippen molar-refractivity contribution in [2.45, 2.75) is 51.6 Å². The van der Waals surface area contributed by atoms with Gasteiger partial charge in [0, 0.05) is 12.8 Å². The third kappa shape index (κ3) is 1.63. The summed E-state index contributed by atoms with van der Waals surface area (Å²) >= 11 is 0. The molecule has 1 unspecified atom stereocenters. The van der Waals surface area contributed by atoms with E-state index in [1.165, 1.54) is 0 Å².